The number of esters is 1. The van der Waals surface area contributed by atoms with E-state index in [0.29, 0.717) is 5.75 Å². The van der Waals surface area contributed by atoms with Gasteiger partial charge in [0, 0.05) is 4.47 Å². The molecule has 0 unspecified atom stereocenters. The smallest absolute Gasteiger partial charge is 0.321 e. The second kappa shape index (κ2) is 8.44. The van der Waals surface area contributed by atoms with E-state index in [9.17, 15) is 13.2 Å². The summed E-state index contributed by atoms with van der Waals surface area (Å²) in [7, 11) is -3.66. The van der Waals surface area contributed by atoms with Gasteiger partial charge in [0.1, 0.15) is 29.7 Å². The number of sulfonamides is 1. The minimum absolute atomic E-state index is 0.0338. The molecule has 0 aliphatic carbocycles. The summed E-state index contributed by atoms with van der Waals surface area (Å²) in [5, 5.41) is 1.64. The van der Waals surface area contributed by atoms with Crippen molar-refractivity contribution < 1.29 is 22.7 Å². The molecule has 2 rings (SSSR count). The number of hydrogen-bond donors (Lipinski definition) is 1. The van der Waals surface area contributed by atoms with Gasteiger partial charge in [-0.1, -0.05) is 28.1 Å². The molecule has 1 aromatic heterocycles. The monoisotopic (exact) mass is 419 g/mol. The van der Waals surface area contributed by atoms with Gasteiger partial charge in [0.05, 0.1) is 0 Å². The molecule has 0 spiro atoms. The lowest BCUT2D eigenvalue weighted by molar-refractivity contribution is -0.142. The molecule has 0 saturated carbocycles. The molecule has 1 aromatic carbocycles. The Bertz CT molecular complexity index is 746. The van der Waals surface area contributed by atoms with Crippen molar-refractivity contribution in [2.75, 3.05) is 19.8 Å². The average molecular weight is 420 g/mol. The lowest BCUT2D eigenvalue weighted by Gasteiger charge is -2.08. The molecule has 0 aliphatic rings. The molecule has 0 amide bonds. The van der Waals surface area contributed by atoms with Gasteiger partial charge in [-0.2, -0.15) is 4.72 Å². The fourth-order valence-electron chi connectivity index (χ4n) is 1.56. The van der Waals surface area contributed by atoms with Crippen molar-refractivity contribution in [3.63, 3.8) is 0 Å². The first-order valence-electron chi connectivity index (χ1n) is 6.54. The molecule has 9 heteroatoms. The Morgan fingerprint density at radius 2 is 2.04 bits per heavy atom. The third kappa shape index (κ3) is 5.94. The normalized spacial score (nSPS) is 11.2. The standard InChI is InChI=1S/C14H14BrNO5S2/c15-11-3-1-4-12(9-11)20-6-7-21-13(17)10-16-23(18,19)14-5-2-8-22-14/h1-5,8-9,16H,6-7,10H2. The van der Waals surface area contributed by atoms with E-state index >= 15 is 0 Å². The van der Waals surface area contributed by atoms with Crippen molar-refractivity contribution in [2.45, 2.75) is 4.21 Å². The van der Waals surface area contributed by atoms with Crippen molar-refractivity contribution in [2.24, 2.45) is 0 Å². The molecule has 23 heavy (non-hydrogen) atoms. The van der Waals surface area contributed by atoms with Crippen LogP contribution < -0.4 is 9.46 Å². The van der Waals surface area contributed by atoms with Gasteiger partial charge in [0.15, 0.2) is 0 Å². The highest BCUT2D eigenvalue weighted by Gasteiger charge is 2.16. The van der Waals surface area contributed by atoms with Crippen LogP contribution in [0.4, 0.5) is 0 Å². The Balaban J connectivity index is 1.67. The first-order valence-corrected chi connectivity index (χ1v) is 9.70. The number of thiophene rings is 1. The summed E-state index contributed by atoms with van der Waals surface area (Å²) in [5.41, 5.74) is 0. The second-order valence-electron chi connectivity index (χ2n) is 4.28. The number of halogens is 1. The van der Waals surface area contributed by atoms with Crippen molar-refractivity contribution in [3.8, 4) is 5.75 Å². The van der Waals surface area contributed by atoms with E-state index in [1.165, 1.54) is 6.07 Å². The third-order valence-corrected chi connectivity index (χ3v) is 5.87. The number of ether oxygens (including phenoxy) is 2. The zero-order chi connectivity index (χ0) is 16.7. The van der Waals surface area contributed by atoms with Gasteiger partial charge in [0.2, 0.25) is 0 Å². The van der Waals surface area contributed by atoms with Crippen LogP contribution in [0.5, 0.6) is 5.75 Å². The van der Waals surface area contributed by atoms with Gasteiger partial charge < -0.3 is 9.47 Å². The third-order valence-electron chi connectivity index (χ3n) is 2.58. The van der Waals surface area contributed by atoms with E-state index in [-0.39, 0.29) is 17.4 Å². The number of rotatable bonds is 8. The fourth-order valence-corrected chi connectivity index (χ4v) is 3.95. The summed E-state index contributed by atoms with van der Waals surface area (Å²) in [6.45, 7) is -0.205. The molecule has 0 radical (unpaired) electrons. The molecule has 0 fully saturated rings. The first-order chi connectivity index (χ1) is 11.0. The molecule has 1 heterocycles. The molecular weight excluding hydrogens is 406 g/mol. The lowest BCUT2D eigenvalue weighted by atomic mass is 10.3. The molecule has 0 atom stereocenters. The number of carbonyl (C=O) groups excluding carboxylic acids is 1. The van der Waals surface area contributed by atoms with E-state index < -0.39 is 22.5 Å². The number of nitrogens with one attached hydrogen (secondary N) is 1. The SMILES string of the molecule is O=C(CNS(=O)(=O)c1cccs1)OCCOc1cccc(Br)c1. The molecule has 1 N–H and O–H groups in total. The van der Waals surface area contributed by atoms with Crippen LogP contribution in [-0.2, 0) is 19.6 Å². The molecule has 124 valence electrons. The van der Waals surface area contributed by atoms with Crippen LogP contribution in [-0.4, -0.2) is 34.1 Å². The summed E-state index contributed by atoms with van der Waals surface area (Å²) in [6.07, 6.45) is 0. The van der Waals surface area contributed by atoms with E-state index in [1.807, 2.05) is 12.1 Å². The molecule has 6 nitrogen and oxygen atoms in total. The minimum Gasteiger partial charge on any atom is -0.490 e. The van der Waals surface area contributed by atoms with Crippen molar-refractivity contribution in [1.29, 1.82) is 0 Å². The van der Waals surface area contributed by atoms with E-state index in [4.69, 9.17) is 9.47 Å². The maximum Gasteiger partial charge on any atom is 0.321 e. The Morgan fingerprint density at radius 3 is 2.74 bits per heavy atom. The zero-order valence-electron chi connectivity index (χ0n) is 11.9. The van der Waals surface area contributed by atoms with Crippen LogP contribution in [0.25, 0.3) is 0 Å². The summed E-state index contributed by atoms with van der Waals surface area (Å²) >= 11 is 4.40. The van der Waals surface area contributed by atoms with Gasteiger partial charge in [-0.15, -0.1) is 11.3 Å². The molecule has 0 bridgehead atoms. The first kappa shape index (κ1) is 17.9. The largest absolute Gasteiger partial charge is 0.490 e. The van der Waals surface area contributed by atoms with Crippen LogP contribution in [0.2, 0.25) is 0 Å². The highest BCUT2D eigenvalue weighted by molar-refractivity contribution is 9.10. The minimum atomic E-state index is -3.66. The maximum atomic E-state index is 11.8. The number of carbonyl (C=O) groups is 1. The van der Waals surface area contributed by atoms with Crippen LogP contribution >= 0.6 is 27.3 Å². The Kier molecular flexibility index (Phi) is 6.58. The van der Waals surface area contributed by atoms with Crippen LogP contribution in [0.3, 0.4) is 0 Å². The predicted molar refractivity (Wildman–Crippen MR) is 90.1 cm³/mol. The summed E-state index contributed by atoms with van der Waals surface area (Å²) in [4.78, 5) is 11.5. The predicted octanol–water partition coefficient (Wildman–Crippen LogP) is 2.41. The zero-order valence-corrected chi connectivity index (χ0v) is 15.1. The summed E-state index contributed by atoms with van der Waals surface area (Å²) in [6, 6.07) is 10.3. The van der Waals surface area contributed by atoms with Crippen LogP contribution in [0, 0.1) is 0 Å². The Labute approximate surface area is 146 Å². The van der Waals surface area contributed by atoms with Crippen molar-refractivity contribution in [3.05, 3.63) is 46.3 Å². The molecule has 0 saturated heterocycles. The molecular formula is C14H14BrNO5S2. The van der Waals surface area contributed by atoms with Crippen molar-refractivity contribution in [1.82, 2.24) is 4.72 Å². The van der Waals surface area contributed by atoms with Crippen LogP contribution in [0.15, 0.2) is 50.5 Å². The highest BCUT2D eigenvalue weighted by Crippen LogP contribution is 2.17. The maximum absolute atomic E-state index is 11.8. The fraction of sp³-hybridized carbons (Fsp3) is 0.214. The van der Waals surface area contributed by atoms with Gasteiger partial charge in [-0.25, -0.2) is 8.42 Å². The highest BCUT2D eigenvalue weighted by atomic mass is 79.9. The van der Waals surface area contributed by atoms with Crippen molar-refractivity contribution >= 4 is 43.3 Å². The Morgan fingerprint density at radius 1 is 1.22 bits per heavy atom. The van der Waals surface area contributed by atoms with E-state index in [2.05, 4.69) is 20.7 Å². The van der Waals surface area contributed by atoms with Crippen LogP contribution in [0.1, 0.15) is 0 Å². The summed E-state index contributed by atoms with van der Waals surface area (Å²) < 4.78 is 37.1. The van der Waals surface area contributed by atoms with Gasteiger partial charge in [0.25, 0.3) is 10.0 Å². The molecule has 2 aromatic rings. The second-order valence-corrected chi connectivity index (χ2v) is 8.14. The Hall–Kier alpha value is -1.42. The summed E-state index contributed by atoms with van der Waals surface area (Å²) in [5.74, 6) is -0.0169. The van der Waals surface area contributed by atoms with Gasteiger partial charge in [-0.05, 0) is 29.6 Å². The van der Waals surface area contributed by atoms with E-state index in [1.54, 1.807) is 23.6 Å². The quantitative estimate of drug-likeness (QED) is 0.524. The number of hydrogen-bond acceptors (Lipinski definition) is 6. The number of benzene rings is 1. The lowest BCUT2D eigenvalue weighted by Crippen LogP contribution is -2.30. The van der Waals surface area contributed by atoms with Gasteiger partial charge in [-0.3, -0.25) is 4.79 Å². The van der Waals surface area contributed by atoms with Gasteiger partial charge >= 0.3 is 5.97 Å². The average Bonchev–Trinajstić information content (AvgIpc) is 3.05. The molecule has 0 aliphatic heterocycles. The van der Waals surface area contributed by atoms with E-state index in [0.717, 1.165) is 15.8 Å². The topological polar surface area (TPSA) is 81.7 Å².